The molecule has 3 rings (SSSR count). The van der Waals surface area contributed by atoms with Crippen molar-refractivity contribution in [3.05, 3.63) is 12.0 Å². The Kier molecular flexibility index (Phi) is 4.19. The van der Waals surface area contributed by atoms with Crippen LogP contribution in [-0.2, 0) is 11.8 Å². The van der Waals surface area contributed by atoms with Crippen molar-refractivity contribution in [2.45, 2.75) is 52.1 Å². The summed E-state index contributed by atoms with van der Waals surface area (Å²) in [6.07, 6.45) is 5.10. The molecule has 3 heterocycles. The van der Waals surface area contributed by atoms with Crippen molar-refractivity contribution < 1.29 is 4.79 Å². The van der Waals surface area contributed by atoms with Gasteiger partial charge >= 0.3 is 0 Å². The Morgan fingerprint density at radius 1 is 1.39 bits per heavy atom. The molecule has 1 amide bonds. The first-order chi connectivity index (χ1) is 11.0. The van der Waals surface area contributed by atoms with Crippen LogP contribution in [0.2, 0.25) is 0 Å². The normalized spacial score (nSPS) is 19.8. The predicted octanol–water partition coefficient (Wildman–Crippen LogP) is 1.87. The number of hydrogen-bond acceptors (Lipinski definition) is 5. The quantitative estimate of drug-likeness (QED) is 0.935. The molecule has 0 aromatic carbocycles. The SMILES string of the molecule is Cc1nc(N[C@@H](C)C(=O)N2CCCC[C@@H]2C)c2cnn(C)c2n1. The van der Waals surface area contributed by atoms with E-state index in [9.17, 15) is 4.79 Å². The Bertz CT molecular complexity index is 725. The van der Waals surface area contributed by atoms with Crippen molar-refractivity contribution >= 4 is 22.8 Å². The standard InChI is InChI=1S/C16H24N6O/c1-10-7-5-6-8-22(10)16(23)11(2)18-14-13-9-17-21(4)15(13)20-12(3)19-14/h9-11H,5-8H2,1-4H3,(H,18,19,20)/t10-,11-/m0/s1. The molecule has 1 saturated heterocycles. The fourth-order valence-electron chi connectivity index (χ4n) is 3.18. The smallest absolute Gasteiger partial charge is 0.245 e. The van der Waals surface area contributed by atoms with Crippen LogP contribution < -0.4 is 5.32 Å². The Morgan fingerprint density at radius 3 is 2.91 bits per heavy atom. The Morgan fingerprint density at radius 2 is 2.17 bits per heavy atom. The molecular weight excluding hydrogens is 292 g/mol. The maximum absolute atomic E-state index is 12.7. The van der Waals surface area contributed by atoms with Gasteiger partial charge in [-0.25, -0.2) is 9.97 Å². The van der Waals surface area contributed by atoms with E-state index in [1.165, 1.54) is 6.42 Å². The second kappa shape index (κ2) is 6.14. The van der Waals surface area contributed by atoms with Gasteiger partial charge in [0.15, 0.2) is 5.65 Å². The van der Waals surface area contributed by atoms with Crippen LogP contribution in [0.3, 0.4) is 0 Å². The van der Waals surface area contributed by atoms with Gasteiger partial charge in [-0.15, -0.1) is 0 Å². The van der Waals surface area contributed by atoms with Gasteiger partial charge in [-0.1, -0.05) is 0 Å². The summed E-state index contributed by atoms with van der Waals surface area (Å²) in [6, 6.07) is -0.0145. The summed E-state index contributed by atoms with van der Waals surface area (Å²) >= 11 is 0. The summed E-state index contributed by atoms with van der Waals surface area (Å²) in [5, 5.41) is 8.33. The van der Waals surface area contributed by atoms with Crippen molar-refractivity contribution in [2.75, 3.05) is 11.9 Å². The summed E-state index contributed by atoms with van der Waals surface area (Å²) < 4.78 is 1.72. The molecule has 0 unspecified atom stereocenters. The van der Waals surface area contributed by atoms with Crippen LogP contribution in [0.15, 0.2) is 6.20 Å². The maximum Gasteiger partial charge on any atom is 0.245 e. The van der Waals surface area contributed by atoms with Gasteiger partial charge in [0.05, 0.1) is 11.6 Å². The molecule has 0 saturated carbocycles. The lowest BCUT2D eigenvalue weighted by atomic mass is 10.0. The second-order valence-corrected chi connectivity index (χ2v) is 6.37. The van der Waals surface area contributed by atoms with Crippen LogP contribution in [0.4, 0.5) is 5.82 Å². The van der Waals surface area contributed by atoms with Gasteiger partial charge < -0.3 is 10.2 Å². The summed E-state index contributed by atoms with van der Waals surface area (Å²) in [4.78, 5) is 23.6. The number of hydrogen-bond donors (Lipinski definition) is 1. The van der Waals surface area contributed by atoms with Crippen molar-refractivity contribution in [3.8, 4) is 0 Å². The number of likely N-dealkylation sites (tertiary alicyclic amines) is 1. The largest absolute Gasteiger partial charge is 0.358 e. The highest BCUT2D eigenvalue weighted by molar-refractivity contribution is 5.90. The molecule has 7 nitrogen and oxygen atoms in total. The number of carbonyl (C=O) groups is 1. The summed E-state index contributed by atoms with van der Waals surface area (Å²) in [5.74, 6) is 1.46. The molecule has 2 atom stereocenters. The molecular formula is C16H24N6O. The van der Waals surface area contributed by atoms with Crippen molar-refractivity contribution in [2.24, 2.45) is 7.05 Å². The first-order valence-electron chi connectivity index (χ1n) is 8.20. The number of rotatable bonds is 3. The zero-order chi connectivity index (χ0) is 16.6. The van der Waals surface area contributed by atoms with Gasteiger partial charge in [0, 0.05) is 19.6 Å². The second-order valence-electron chi connectivity index (χ2n) is 6.37. The van der Waals surface area contributed by atoms with Crippen LogP contribution in [0.25, 0.3) is 11.0 Å². The molecule has 0 bridgehead atoms. The molecule has 0 radical (unpaired) electrons. The van der Waals surface area contributed by atoms with Crippen molar-refractivity contribution in [1.29, 1.82) is 0 Å². The van der Waals surface area contributed by atoms with Gasteiger partial charge in [-0.3, -0.25) is 9.48 Å². The van der Waals surface area contributed by atoms with E-state index < -0.39 is 0 Å². The molecule has 7 heteroatoms. The van der Waals surface area contributed by atoms with Crippen LogP contribution >= 0.6 is 0 Å². The molecule has 2 aromatic rings. The fraction of sp³-hybridized carbons (Fsp3) is 0.625. The maximum atomic E-state index is 12.7. The Hall–Kier alpha value is -2.18. The molecule has 0 aliphatic carbocycles. The van der Waals surface area contributed by atoms with E-state index in [1.807, 2.05) is 25.8 Å². The number of aryl methyl sites for hydroxylation is 2. The van der Waals surface area contributed by atoms with E-state index in [0.717, 1.165) is 30.4 Å². The summed E-state index contributed by atoms with van der Waals surface area (Å²) in [5.41, 5.74) is 0.769. The highest BCUT2D eigenvalue weighted by Crippen LogP contribution is 2.22. The number of aromatic nitrogens is 4. The number of piperidine rings is 1. The number of amides is 1. The van der Waals surface area contributed by atoms with Gasteiger partial charge in [0.2, 0.25) is 5.91 Å². The lowest BCUT2D eigenvalue weighted by Gasteiger charge is -2.35. The van der Waals surface area contributed by atoms with Crippen molar-refractivity contribution in [1.82, 2.24) is 24.6 Å². The zero-order valence-corrected chi connectivity index (χ0v) is 14.2. The topological polar surface area (TPSA) is 75.9 Å². The van der Waals surface area contributed by atoms with E-state index in [2.05, 4.69) is 27.3 Å². The van der Waals surface area contributed by atoms with Crippen molar-refractivity contribution in [3.63, 3.8) is 0 Å². The van der Waals surface area contributed by atoms with Gasteiger partial charge in [0.25, 0.3) is 0 Å². The number of nitrogens with zero attached hydrogens (tertiary/aromatic N) is 5. The summed E-state index contributed by atoms with van der Waals surface area (Å²) in [6.45, 7) is 6.70. The van der Waals surface area contributed by atoms with E-state index in [0.29, 0.717) is 17.7 Å². The minimum atomic E-state index is -0.326. The van der Waals surface area contributed by atoms with Crippen LogP contribution in [0.1, 0.15) is 38.9 Å². The minimum Gasteiger partial charge on any atom is -0.358 e. The van der Waals surface area contributed by atoms with Crippen LogP contribution in [-0.4, -0.2) is 49.2 Å². The van der Waals surface area contributed by atoms with E-state index in [-0.39, 0.29) is 11.9 Å². The lowest BCUT2D eigenvalue weighted by Crippen LogP contribution is -2.48. The first kappa shape index (κ1) is 15.7. The number of carbonyl (C=O) groups excluding carboxylic acids is 1. The molecule has 2 aromatic heterocycles. The molecule has 124 valence electrons. The van der Waals surface area contributed by atoms with Gasteiger partial charge in [-0.2, -0.15) is 5.10 Å². The van der Waals surface area contributed by atoms with Crippen LogP contribution in [0, 0.1) is 6.92 Å². The first-order valence-corrected chi connectivity index (χ1v) is 8.20. The molecule has 1 aliphatic rings. The average molecular weight is 316 g/mol. The fourth-order valence-corrected chi connectivity index (χ4v) is 3.18. The molecule has 0 spiro atoms. The summed E-state index contributed by atoms with van der Waals surface area (Å²) in [7, 11) is 1.85. The van der Waals surface area contributed by atoms with E-state index >= 15 is 0 Å². The Labute approximate surface area is 136 Å². The Balaban J connectivity index is 1.82. The predicted molar refractivity (Wildman–Crippen MR) is 89.2 cm³/mol. The lowest BCUT2D eigenvalue weighted by molar-refractivity contribution is -0.134. The highest BCUT2D eigenvalue weighted by atomic mass is 16.2. The van der Waals surface area contributed by atoms with Gasteiger partial charge in [-0.05, 0) is 40.0 Å². The number of fused-ring (bicyclic) bond motifs is 1. The van der Waals surface area contributed by atoms with E-state index in [1.54, 1.807) is 10.9 Å². The van der Waals surface area contributed by atoms with Gasteiger partial charge in [0.1, 0.15) is 17.7 Å². The minimum absolute atomic E-state index is 0.130. The molecule has 1 N–H and O–H groups in total. The monoisotopic (exact) mass is 316 g/mol. The van der Waals surface area contributed by atoms with E-state index in [4.69, 9.17) is 0 Å². The van der Waals surface area contributed by atoms with Crippen LogP contribution in [0.5, 0.6) is 0 Å². The zero-order valence-electron chi connectivity index (χ0n) is 14.2. The number of anilines is 1. The third-order valence-electron chi connectivity index (χ3n) is 4.51. The third-order valence-corrected chi connectivity index (χ3v) is 4.51. The molecule has 1 aliphatic heterocycles. The third kappa shape index (κ3) is 3.00. The molecule has 1 fully saturated rings. The average Bonchev–Trinajstić information content (AvgIpc) is 2.88. The number of nitrogens with one attached hydrogen (secondary N) is 1. The highest BCUT2D eigenvalue weighted by Gasteiger charge is 2.27. The molecule has 23 heavy (non-hydrogen) atoms.